The Morgan fingerprint density at radius 2 is 2.00 bits per heavy atom. The average molecular weight is 370 g/mol. The number of nitrogens with one attached hydrogen (secondary N) is 1. The molecule has 1 aromatic carbocycles. The van der Waals surface area contributed by atoms with Crippen molar-refractivity contribution in [2.24, 2.45) is 0 Å². The van der Waals surface area contributed by atoms with E-state index in [1.54, 1.807) is 37.4 Å². The maximum atomic E-state index is 12.1. The van der Waals surface area contributed by atoms with E-state index in [0.717, 1.165) is 10.0 Å². The zero-order chi connectivity index (χ0) is 15.6. The number of hydrogen-bond acceptors (Lipinski definition) is 2. The molecular formula is C15H14BrClN2O2. The molecule has 0 saturated heterocycles. The number of rotatable bonds is 3. The summed E-state index contributed by atoms with van der Waals surface area (Å²) in [6, 6.07) is 6.94. The van der Waals surface area contributed by atoms with Gasteiger partial charge in [-0.05, 0) is 59.6 Å². The van der Waals surface area contributed by atoms with Gasteiger partial charge in [0.1, 0.15) is 6.54 Å². The van der Waals surface area contributed by atoms with E-state index in [2.05, 4.69) is 21.2 Å². The third-order valence-corrected chi connectivity index (χ3v) is 3.68. The first-order valence-corrected chi connectivity index (χ1v) is 7.46. The molecule has 0 aliphatic carbocycles. The summed E-state index contributed by atoms with van der Waals surface area (Å²) in [7, 11) is 0. The van der Waals surface area contributed by atoms with Crippen LogP contribution < -0.4 is 10.9 Å². The number of nitrogens with zero attached hydrogens (tertiary/aromatic N) is 1. The van der Waals surface area contributed by atoms with Crippen molar-refractivity contribution in [2.45, 2.75) is 20.4 Å². The normalized spacial score (nSPS) is 10.5. The molecule has 1 N–H and O–H groups in total. The molecule has 21 heavy (non-hydrogen) atoms. The number of aryl methyl sites for hydroxylation is 2. The number of pyridine rings is 1. The summed E-state index contributed by atoms with van der Waals surface area (Å²) in [5.41, 5.74) is 1.96. The molecule has 0 aliphatic heterocycles. The van der Waals surface area contributed by atoms with Crippen LogP contribution in [0.1, 0.15) is 11.1 Å². The lowest BCUT2D eigenvalue weighted by atomic mass is 10.2. The molecule has 2 rings (SSSR count). The van der Waals surface area contributed by atoms with Crippen LogP contribution in [-0.2, 0) is 11.3 Å². The third kappa shape index (κ3) is 3.95. The molecule has 4 nitrogen and oxygen atoms in total. The smallest absolute Gasteiger partial charge is 0.253 e. The molecule has 0 atom stereocenters. The maximum absolute atomic E-state index is 12.1. The first-order valence-electron chi connectivity index (χ1n) is 6.29. The lowest BCUT2D eigenvalue weighted by Gasteiger charge is -2.11. The summed E-state index contributed by atoms with van der Waals surface area (Å²) in [5.74, 6) is -0.264. The predicted molar refractivity (Wildman–Crippen MR) is 88.0 cm³/mol. The molecule has 0 aliphatic rings. The quantitative estimate of drug-likeness (QED) is 0.900. The van der Waals surface area contributed by atoms with Gasteiger partial charge in [-0.3, -0.25) is 9.59 Å². The monoisotopic (exact) mass is 368 g/mol. The van der Waals surface area contributed by atoms with Gasteiger partial charge in [-0.25, -0.2) is 0 Å². The van der Waals surface area contributed by atoms with E-state index in [4.69, 9.17) is 11.6 Å². The minimum atomic E-state index is -0.264. The Morgan fingerprint density at radius 3 is 2.67 bits per heavy atom. The van der Waals surface area contributed by atoms with E-state index < -0.39 is 0 Å². The molecule has 1 amide bonds. The van der Waals surface area contributed by atoms with E-state index >= 15 is 0 Å². The van der Waals surface area contributed by atoms with Gasteiger partial charge in [0.25, 0.3) is 5.56 Å². The molecule has 6 heteroatoms. The molecule has 0 spiro atoms. The summed E-state index contributed by atoms with van der Waals surface area (Å²) in [5, 5.41) is 3.39. The minimum absolute atomic E-state index is 0.0405. The predicted octanol–water partition coefficient (Wildman–Crippen LogP) is 3.52. The molecule has 0 fully saturated rings. The summed E-state index contributed by atoms with van der Waals surface area (Å²) in [4.78, 5) is 24.0. The van der Waals surface area contributed by atoms with E-state index in [-0.39, 0.29) is 18.0 Å². The molecule has 2 aromatic rings. The van der Waals surface area contributed by atoms with Crippen molar-refractivity contribution in [3.8, 4) is 0 Å². The Morgan fingerprint density at radius 1 is 1.29 bits per heavy atom. The summed E-state index contributed by atoms with van der Waals surface area (Å²) in [6.45, 7) is 3.53. The third-order valence-electron chi connectivity index (χ3n) is 3.01. The first kappa shape index (κ1) is 15.8. The lowest BCUT2D eigenvalue weighted by Crippen LogP contribution is -2.28. The number of amides is 1. The number of hydrogen-bond donors (Lipinski definition) is 1. The van der Waals surface area contributed by atoms with E-state index in [0.29, 0.717) is 16.3 Å². The highest BCUT2D eigenvalue weighted by Crippen LogP contribution is 2.19. The zero-order valence-corrected chi connectivity index (χ0v) is 14.0. The van der Waals surface area contributed by atoms with Gasteiger partial charge in [-0.15, -0.1) is 0 Å². The number of benzene rings is 1. The standard InChI is InChI=1S/C15H14BrClN2O2/c1-9-6-12(17)3-4-13(9)18-14(20)8-19-7-11(16)5-10(2)15(19)21/h3-7H,8H2,1-2H3,(H,18,20). The number of carbonyl (C=O) groups excluding carboxylic acids is 1. The number of halogens is 2. The zero-order valence-electron chi connectivity index (χ0n) is 11.6. The van der Waals surface area contributed by atoms with Crippen LogP contribution in [0.25, 0.3) is 0 Å². The van der Waals surface area contributed by atoms with Gasteiger partial charge in [0.15, 0.2) is 0 Å². The number of carbonyl (C=O) groups is 1. The van der Waals surface area contributed by atoms with Gasteiger partial charge < -0.3 is 9.88 Å². The van der Waals surface area contributed by atoms with Gasteiger partial charge >= 0.3 is 0 Å². The Hall–Kier alpha value is -1.59. The molecule has 0 radical (unpaired) electrons. The average Bonchev–Trinajstić information content (AvgIpc) is 2.38. The van der Waals surface area contributed by atoms with Crippen LogP contribution in [0.3, 0.4) is 0 Å². The van der Waals surface area contributed by atoms with Crippen molar-refractivity contribution in [1.82, 2.24) is 4.57 Å². The Balaban J connectivity index is 2.17. The summed E-state index contributed by atoms with van der Waals surface area (Å²) < 4.78 is 2.13. The summed E-state index contributed by atoms with van der Waals surface area (Å²) >= 11 is 9.19. The maximum Gasteiger partial charge on any atom is 0.253 e. The topological polar surface area (TPSA) is 51.1 Å². The van der Waals surface area contributed by atoms with E-state index in [1.165, 1.54) is 4.57 Å². The Labute approximate surface area is 135 Å². The second-order valence-electron chi connectivity index (χ2n) is 4.78. The number of anilines is 1. The fourth-order valence-electron chi connectivity index (χ4n) is 1.97. The fourth-order valence-corrected chi connectivity index (χ4v) is 2.79. The second-order valence-corrected chi connectivity index (χ2v) is 6.13. The molecule has 0 saturated carbocycles. The van der Waals surface area contributed by atoms with Crippen LogP contribution in [-0.4, -0.2) is 10.5 Å². The van der Waals surface area contributed by atoms with Crippen LogP contribution >= 0.6 is 27.5 Å². The molecule has 0 unspecified atom stereocenters. The van der Waals surface area contributed by atoms with E-state index in [1.807, 2.05) is 6.92 Å². The SMILES string of the molecule is Cc1cc(Cl)ccc1NC(=O)Cn1cc(Br)cc(C)c1=O. The van der Waals surface area contributed by atoms with Gasteiger partial charge in [0, 0.05) is 26.9 Å². The summed E-state index contributed by atoms with van der Waals surface area (Å²) in [6.07, 6.45) is 1.60. The van der Waals surface area contributed by atoms with Gasteiger partial charge in [-0.2, -0.15) is 0 Å². The minimum Gasteiger partial charge on any atom is -0.324 e. The van der Waals surface area contributed by atoms with Gasteiger partial charge in [0.05, 0.1) is 0 Å². The first-order chi connectivity index (χ1) is 9.86. The Bertz CT molecular complexity index is 756. The van der Waals surface area contributed by atoms with Crippen molar-refractivity contribution in [1.29, 1.82) is 0 Å². The Kier molecular flexibility index (Phi) is 4.85. The largest absolute Gasteiger partial charge is 0.324 e. The van der Waals surface area contributed by atoms with Crippen LogP contribution in [0.4, 0.5) is 5.69 Å². The highest BCUT2D eigenvalue weighted by Gasteiger charge is 2.09. The molecule has 110 valence electrons. The molecule has 1 aromatic heterocycles. The van der Waals surface area contributed by atoms with Crippen LogP contribution in [0.5, 0.6) is 0 Å². The van der Waals surface area contributed by atoms with Crippen LogP contribution in [0.15, 0.2) is 39.7 Å². The number of aromatic nitrogens is 1. The fraction of sp³-hybridized carbons (Fsp3) is 0.200. The van der Waals surface area contributed by atoms with Crippen molar-refractivity contribution in [2.75, 3.05) is 5.32 Å². The van der Waals surface area contributed by atoms with Crippen LogP contribution in [0.2, 0.25) is 5.02 Å². The second kappa shape index (κ2) is 6.45. The molecule has 0 bridgehead atoms. The van der Waals surface area contributed by atoms with Crippen molar-refractivity contribution in [3.05, 3.63) is 61.4 Å². The molecule has 1 heterocycles. The van der Waals surface area contributed by atoms with Gasteiger partial charge in [-0.1, -0.05) is 11.6 Å². The van der Waals surface area contributed by atoms with Crippen molar-refractivity contribution >= 4 is 39.1 Å². The van der Waals surface area contributed by atoms with Gasteiger partial charge in [0.2, 0.25) is 5.91 Å². The highest BCUT2D eigenvalue weighted by atomic mass is 79.9. The highest BCUT2D eigenvalue weighted by molar-refractivity contribution is 9.10. The van der Waals surface area contributed by atoms with E-state index in [9.17, 15) is 9.59 Å². The lowest BCUT2D eigenvalue weighted by molar-refractivity contribution is -0.116. The van der Waals surface area contributed by atoms with Crippen LogP contribution in [0, 0.1) is 13.8 Å². The molecular weight excluding hydrogens is 356 g/mol. The van der Waals surface area contributed by atoms with Crippen molar-refractivity contribution in [3.63, 3.8) is 0 Å². The van der Waals surface area contributed by atoms with Crippen molar-refractivity contribution < 1.29 is 4.79 Å².